The van der Waals surface area contributed by atoms with Crippen LogP contribution in [0.3, 0.4) is 0 Å². The minimum absolute atomic E-state index is 0.648. The molecule has 1 aliphatic carbocycles. The van der Waals surface area contributed by atoms with E-state index < -0.39 is 0 Å². The molecular weight excluding hydrogens is 146 g/mol. The molecule has 12 heavy (non-hydrogen) atoms. The molecule has 1 nitrogen and oxygen atoms in total. The van der Waals surface area contributed by atoms with Gasteiger partial charge in [0.25, 0.3) is 0 Å². The Kier molecular flexibility index (Phi) is 2.03. The summed E-state index contributed by atoms with van der Waals surface area (Å²) in [5, 5.41) is 0. The van der Waals surface area contributed by atoms with Crippen LogP contribution in [-0.4, -0.2) is 17.5 Å². The molecule has 0 aromatic carbocycles. The van der Waals surface area contributed by atoms with Gasteiger partial charge in [0.15, 0.2) is 0 Å². The summed E-state index contributed by atoms with van der Waals surface area (Å²) in [4.78, 5) is 2.44. The van der Waals surface area contributed by atoms with Crippen LogP contribution in [0.5, 0.6) is 0 Å². The highest BCUT2D eigenvalue weighted by atomic mass is 15.2. The zero-order valence-electron chi connectivity index (χ0n) is 7.53. The molecule has 0 bridgehead atoms. The smallest absolute Gasteiger partial charge is 0.0571 e. The van der Waals surface area contributed by atoms with Gasteiger partial charge in [-0.2, -0.15) is 0 Å². The summed E-state index contributed by atoms with van der Waals surface area (Å²) in [7, 11) is 0. The SMILES string of the molecule is CCCN1C=CC2=CC=CCC21. The molecule has 0 fully saturated rings. The normalized spacial score (nSPS) is 25.9. The molecule has 0 radical (unpaired) electrons. The fourth-order valence-corrected chi connectivity index (χ4v) is 1.90. The minimum atomic E-state index is 0.648. The summed E-state index contributed by atoms with van der Waals surface area (Å²) in [5.74, 6) is 0. The first-order valence-corrected chi connectivity index (χ1v) is 4.72. The Balaban J connectivity index is 2.10. The van der Waals surface area contributed by atoms with Crippen molar-refractivity contribution in [2.75, 3.05) is 6.54 Å². The second kappa shape index (κ2) is 3.18. The molecule has 64 valence electrons. The maximum atomic E-state index is 2.44. The maximum Gasteiger partial charge on any atom is 0.0571 e. The van der Waals surface area contributed by atoms with Crippen LogP contribution >= 0.6 is 0 Å². The van der Waals surface area contributed by atoms with E-state index in [-0.39, 0.29) is 0 Å². The lowest BCUT2D eigenvalue weighted by Gasteiger charge is -2.26. The maximum absolute atomic E-state index is 2.44. The standard InChI is InChI=1S/C11H15N/c1-2-8-12-9-7-10-5-3-4-6-11(10)12/h3-5,7,9,11H,2,6,8H2,1H3. The lowest BCUT2D eigenvalue weighted by atomic mass is 10.0. The fraction of sp³-hybridized carbons (Fsp3) is 0.455. The Hall–Kier alpha value is -0.980. The summed E-state index contributed by atoms with van der Waals surface area (Å²) < 4.78 is 0. The fourth-order valence-electron chi connectivity index (χ4n) is 1.90. The number of hydrogen-bond donors (Lipinski definition) is 0. The van der Waals surface area contributed by atoms with E-state index >= 15 is 0 Å². The quantitative estimate of drug-likeness (QED) is 0.601. The number of nitrogens with zero attached hydrogens (tertiary/aromatic N) is 1. The monoisotopic (exact) mass is 161 g/mol. The zero-order chi connectivity index (χ0) is 8.39. The number of allylic oxidation sites excluding steroid dienone is 2. The molecule has 1 heterocycles. The van der Waals surface area contributed by atoms with Crippen LogP contribution in [0.25, 0.3) is 0 Å². The van der Waals surface area contributed by atoms with E-state index in [1.54, 1.807) is 0 Å². The third-order valence-corrected chi connectivity index (χ3v) is 2.51. The molecule has 0 saturated heterocycles. The van der Waals surface area contributed by atoms with Gasteiger partial charge in [0, 0.05) is 6.54 Å². The van der Waals surface area contributed by atoms with E-state index in [2.05, 4.69) is 42.3 Å². The van der Waals surface area contributed by atoms with E-state index in [0.29, 0.717) is 6.04 Å². The molecule has 1 heteroatoms. The van der Waals surface area contributed by atoms with Gasteiger partial charge in [0.1, 0.15) is 0 Å². The summed E-state index contributed by atoms with van der Waals surface area (Å²) in [6, 6.07) is 0.648. The molecule has 0 N–H and O–H groups in total. The van der Waals surface area contributed by atoms with Crippen molar-refractivity contribution < 1.29 is 0 Å². The lowest BCUT2D eigenvalue weighted by molar-refractivity contribution is 0.328. The van der Waals surface area contributed by atoms with Crippen molar-refractivity contribution in [2.45, 2.75) is 25.8 Å². The van der Waals surface area contributed by atoms with Gasteiger partial charge in [-0.3, -0.25) is 0 Å². The van der Waals surface area contributed by atoms with Crippen LogP contribution in [0.4, 0.5) is 0 Å². The summed E-state index contributed by atoms with van der Waals surface area (Å²) in [5.41, 5.74) is 1.48. The van der Waals surface area contributed by atoms with E-state index in [1.165, 1.54) is 25.0 Å². The predicted octanol–water partition coefficient (Wildman–Crippen LogP) is 2.48. The second-order valence-corrected chi connectivity index (χ2v) is 3.40. The van der Waals surface area contributed by atoms with Crippen LogP contribution in [0.1, 0.15) is 19.8 Å². The summed E-state index contributed by atoms with van der Waals surface area (Å²) >= 11 is 0. The van der Waals surface area contributed by atoms with Crippen molar-refractivity contribution in [3.8, 4) is 0 Å². The topological polar surface area (TPSA) is 3.24 Å². The molecule has 0 amide bonds. The van der Waals surface area contributed by atoms with E-state index in [9.17, 15) is 0 Å². The Labute approximate surface area is 74.1 Å². The number of hydrogen-bond acceptors (Lipinski definition) is 1. The Bertz CT molecular complexity index is 248. The van der Waals surface area contributed by atoms with Crippen LogP contribution in [-0.2, 0) is 0 Å². The van der Waals surface area contributed by atoms with Crippen molar-refractivity contribution in [1.82, 2.24) is 4.90 Å². The lowest BCUT2D eigenvalue weighted by Crippen LogP contribution is -2.28. The van der Waals surface area contributed by atoms with Gasteiger partial charge < -0.3 is 4.90 Å². The molecule has 2 aliphatic rings. The van der Waals surface area contributed by atoms with Crippen LogP contribution in [0.2, 0.25) is 0 Å². The highest BCUT2D eigenvalue weighted by Crippen LogP contribution is 2.26. The van der Waals surface area contributed by atoms with Gasteiger partial charge in [-0.15, -0.1) is 0 Å². The van der Waals surface area contributed by atoms with Crippen LogP contribution < -0.4 is 0 Å². The van der Waals surface area contributed by atoms with Crippen molar-refractivity contribution in [3.63, 3.8) is 0 Å². The van der Waals surface area contributed by atoms with Gasteiger partial charge in [0.2, 0.25) is 0 Å². The highest BCUT2D eigenvalue weighted by molar-refractivity contribution is 5.37. The van der Waals surface area contributed by atoms with Gasteiger partial charge in [-0.25, -0.2) is 0 Å². The molecule has 2 rings (SSSR count). The first kappa shape index (κ1) is 7.66. The largest absolute Gasteiger partial charge is 0.370 e. The van der Waals surface area contributed by atoms with Gasteiger partial charge in [-0.05, 0) is 30.7 Å². The molecule has 1 unspecified atom stereocenters. The minimum Gasteiger partial charge on any atom is -0.370 e. The molecular formula is C11H15N. The van der Waals surface area contributed by atoms with Crippen LogP contribution in [0, 0.1) is 0 Å². The van der Waals surface area contributed by atoms with E-state index in [1.807, 2.05) is 0 Å². The summed E-state index contributed by atoms with van der Waals surface area (Å²) in [6.45, 7) is 3.42. The average molecular weight is 161 g/mol. The molecule has 0 spiro atoms. The highest BCUT2D eigenvalue weighted by Gasteiger charge is 2.22. The third-order valence-electron chi connectivity index (χ3n) is 2.51. The first-order valence-electron chi connectivity index (χ1n) is 4.72. The Morgan fingerprint density at radius 3 is 3.33 bits per heavy atom. The molecule has 0 aromatic rings. The third kappa shape index (κ3) is 1.20. The molecule has 1 aliphatic heterocycles. The molecule has 1 atom stereocenters. The molecule has 0 aromatic heterocycles. The second-order valence-electron chi connectivity index (χ2n) is 3.40. The van der Waals surface area contributed by atoms with Crippen molar-refractivity contribution in [3.05, 3.63) is 36.1 Å². The summed E-state index contributed by atoms with van der Waals surface area (Å²) in [6.07, 6.45) is 13.5. The van der Waals surface area contributed by atoms with Crippen molar-refractivity contribution >= 4 is 0 Å². The molecule has 0 saturated carbocycles. The van der Waals surface area contributed by atoms with Crippen molar-refractivity contribution in [2.24, 2.45) is 0 Å². The number of rotatable bonds is 2. The van der Waals surface area contributed by atoms with Gasteiger partial charge in [-0.1, -0.05) is 25.2 Å². The van der Waals surface area contributed by atoms with Crippen molar-refractivity contribution in [1.29, 1.82) is 0 Å². The van der Waals surface area contributed by atoms with E-state index in [0.717, 1.165) is 0 Å². The first-order chi connectivity index (χ1) is 5.92. The Morgan fingerprint density at radius 2 is 2.50 bits per heavy atom. The Morgan fingerprint density at radius 1 is 1.58 bits per heavy atom. The number of fused-ring (bicyclic) bond motifs is 1. The average Bonchev–Trinajstić information content (AvgIpc) is 2.50. The zero-order valence-corrected chi connectivity index (χ0v) is 7.53. The van der Waals surface area contributed by atoms with Gasteiger partial charge >= 0.3 is 0 Å². The van der Waals surface area contributed by atoms with Crippen LogP contribution in [0.15, 0.2) is 36.1 Å². The van der Waals surface area contributed by atoms with Gasteiger partial charge in [0.05, 0.1) is 6.04 Å². The predicted molar refractivity (Wildman–Crippen MR) is 51.8 cm³/mol. The van der Waals surface area contributed by atoms with E-state index in [4.69, 9.17) is 0 Å².